The Kier molecular flexibility index (Phi) is 4.61. The number of alkyl carbamates (subject to hydrolysis) is 1. The Morgan fingerprint density at radius 2 is 2.00 bits per heavy atom. The molecule has 1 aromatic carbocycles. The number of amides is 1. The van der Waals surface area contributed by atoms with Gasteiger partial charge in [-0.2, -0.15) is 0 Å². The molecule has 1 amide bonds. The molecular formula is C15H19NO4. The molecule has 2 N–H and O–H groups in total. The zero-order chi connectivity index (χ0) is 14.5. The van der Waals surface area contributed by atoms with E-state index in [1.807, 2.05) is 37.3 Å². The van der Waals surface area contributed by atoms with Crippen molar-refractivity contribution in [3.8, 4) is 0 Å². The molecule has 1 fully saturated rings. The minimum atomic E-state index is -1.01. The Morgan fingerprint density at radius 3 is 2.55 bits per heavy atom. The van der Waals surface area contributed by atoms with Crippen molar-refractivity contribution in [2.24, 2.45) is 11.8 Å². The van der Waals surface area contributed by atoms with Gasteiger partial charge in [-0.1, -0.05) is 37.3 Å². The summed E-state index contributed by atoms with van der Waals surface area (Å²) in [5.41, 5.74) is 0.866. The molecule has 1 saturated carbocycles. The summed E-state index contributed by atoms with van der Waals surface area (Å²) in [7, 11) is 0. The smallest absolute Gasteiger partial charge is 0.408 e. The highest BCUT2D eigenvalue weighted by atomic mass is 16.5. The zero-order valence-corrected chi connectivity index (χ0v) is 11.4. The van der Waals surface area contributed by atoms with Crippen LogP contribution in [0.3, 0.4) is 0 Å². The highest BCUT2D eigenvalue weighted by Gasteiger charge is 2.37. The van der Waals surface area contributed by atoms with Crippen LogP contribution in [0.5, 0.6) is 0 Å². The molecule has 0 bridgehead atoms. The highest BCUT2D eigenvalue weighted by molar-refractivity contribution is 5.80. The van der Waals surface area contributed by atoms with E-state index in [2.05, 4.69) is 5.32 Å². The number of aliphatic carboxylic acids is 1. The summed E-state index contributed by atoms with van der Waals surface area (Å²) in [4.78, 5) is 22.9. The molecule has 20 heavy (non-hydrogen) atoms. The van der Waals surface area contributed by atoms with Crippen LogP contribution >= 0.6 is 0 Å². The molecule has 1 aliphatic carbocycles. The molecule has 1 aliphatic rings. The van der Waals surface area contributed by atoms with Gasteiger partial charge in [0.05, 0.1) is 0 Å². The molecule has 108 valence electrons. The number of rotatable bonds is 6. The highest BCUT2D eigenvalue weighted by Crippen LogP contribution is 2.38. The van der Waals surface area contributed by atoms with Crippen LogP contribution in [0, 0.1) is 11.8 Å². The van der Waals surface area contributed by atoms with Crippen LogP contribution in [0.1, 0.15) is 25.3 Å². The first-order valence-electron chi connectivity index (χ1n) is 6.78. The summed E-state index contributed by atoms with van der Waals surface area (Å²) in [6.45, 7) is 1.99. The van der Waals surface area contributed by atoms with E-state index in [1.165, 1.54) is 0 Å². The maximum Gasteiger partial charge on any atom is 0.408 e. The molecule has 2 atom stereocenters. The Balaban J connectivity index is 1.83. The van der Waals surface area contributed by atoms with Gasteiger partial charge >= 0.3 is 12.1 Å². The van der Waals surface area contributed by atoms with E-state index in [9.17, 15) is 14.7 Å². The second-order valence-electron chi connectivity index (χ2n) is 5.22. The average molecular weight is 277 g/mol. The molecule has 0 aromatic heterocycles. The lowest BCUT2D eigenvalue weighted by atomic mass is 9.97. The number of ether oxygens (including phenoxy) is 1. The van der Waals surface area contributed by atoms with Gasteiger partial charge in [0.15, 0.2) is 0 Å². The van der Waals surface area contributed by atoms with Crippen molar-refractivity contribution in [2.75, 3.05) is 0 Å². The quantitative estimate of drug-likeness (QED) is 0.837. The van der Waals surface area contributed by atoms with Gasteiger partial charge in [0.1, 0.15) is 12.6 Å². The molecule has 0 aliphatic heterocycles. The maximum atomic E-state index is 11.7. The molecule has 1 aromatic rings. The fourth-order valence-electron chi connectivity index (χ4n) is 2.20. The maximum absolute atomic E-state index is 11.7. The molecular weight excluding hydrogens is 258 g/mol. The fraction of sp³-hybridized carbons (Fsp3) is 0.467. The first-order valence-corrected chi connectivity index (χ1v) is 6.78. The van der Waals surface area contributed by atoms with Gasteiger partial charge in [0.25, 0.3) is 0 Å². The minimum Gasteiger partial charge on any atom is -0.480 e. The van der Waals surface area contributed by atoms with Crippen molar-refractivity contribution < 1.29 is 19.4 Å². The number of carboxylic acids is 1. The molecule has 0 spiro atoms. The van der Waals surface area contributed by atoms with Crippen molar-refractivity contribution in [1.82, 2.24) is 5.32 Å². The number of carbonyl (C=O) groups excluding carboxylic acids is 1. The third-order valence-corrected chi connectivity index (χ3v) is 3.64. The van der Waals surface area contributed by atoms with Gasteiger partial charge < -0.3 is 15.2 Å². The van der Waals surface area contributed by atoms with Crippen LogP contribution in [0.15, 0.2) is 30.3 Å². The third kappa shape index (κ3) is 3.98. The van der Waals surface area contributed by atoms with Gasteiger partial charge in [-0.05, 0) is 30.2 Å². The fourth-order valence-corrected chi connectivity index (χ4v) is 2.20. The lowest BCUT2D eigenvalue weighted by Crippen LogP contribution is -2.46. The van der Waals surface area contributed by atoms with E-state index < -0.39 is 18.1 Å². The number of carboxylic acid groups (broad SMARTS) is 1. The van der Waals surface area contributed by atoms with Crippen molar-refractivity contribution in [1.29, 1.82) is 0 Å². The van der Waals surface area contributed by atoms with Crippen LogP contribution in [0.25, 0.3) is 0 Å². The second kappa shape index (κ2) is 6.41. The third-order valence-electron chi connectivity index (χ3n) is 3.64. The number of hydrogen-bond acceptors (Lipinski definition) is 3. The van der Waals surface area contributed by atoms with Crippen molar-refractivity contribution in [2.45, 2.75) is 32.4 Å². The summed E-state index contributed by atoms with van der Waals surface area (Å²) < 4.78 is 5.05. The molecule has 0 saturated heterocycles. The summed E-state index contributed by atoms with van der Waals surface area (Å²) in [5.74, 6) is -0.691. The van der Waals surface area contributed by atoms with Crippen molar-refractivity contribution in [3.63, 3.8) is 0 Å². The van der Waals surface area contributed by atoms with Gasteiger partial charge in [-0.3, -0.25) is 0 Å². The largest absolute Gasteiger partial charge is 0.480 e. The number of hydrogen-bond donors (Lipinski definition) is 2. The van der Waals surface area contributed by atoms with Crippen LogP contribution in [-0.4, -0.2) is 23.2 Å². The first-order chi connectivity index (χ1) is 9.58. The van der Waals surface area contributed by atoms with Crippen molar-refractivity contribution in [3.05, 3.63) is 35.9 Å². The molecule has 2 rings (SSSR count). The van der Waals surface area contributed by atoms with E-state index in [0.29, 0.717) is 5.92 Å². The zero-order valence-electron chi connectivity index (χ0n) is 11.4. The number of carbonyl (C=O) groups is 2. The molecule has 0 radical (unpaired) electrons. The van der Waals surface area contributed by atoms with E-state index in [-0.39, 0.29) is 12.5 Å². The first kappa shape index (κ1) is 14.4. The Morgan fingerprint density at radius 1 is 1.35 bits per heavy atom. The molecule has 5 nitrogen and oxygen atoms in total. The Bertz CT molecular complexity index is 470. The number of nitrogens with one attached hydrogen (secondary N) is 1. The van der Waals surface area contributed by atoms with Crippen LogP contribution in [0.4, 0.5) is 4.79 Å². The summed E-state index contributed by atoms with van der Waals surface area (Å²) in [5, 5.41) is 11.6. The van der Waals surface area contributed by atoms with Crippen LogP contribution < -0.4 is 5.32 Å². The molecule has 2 unspecified atom stereocenters. The van der Waals surface area contributed by atoms with Gasteiger partial charge in [-0.25, -0.2) is 9.59 Å². The Labute approximate surface area is 117 Å². The predicted octanol–water partition coefficient (Wildman–Crippen LogP) is 2.41. The summed E-state index contributed by atoms with van der Waals surface area (Å²) >= 11 is 0. The van der Waals surface area contributed by atoms with E-state index >= 15 is 0 Å². The molecule has 5 heteroatoms. The minimum absolute atomic E-state index is 0.0724. The van der Waals surface area contributed by atoms with Crippen LogP contribution in [-0.2, 0) is 16.1 Å². The van der Waals surface area contributed by atoms with Gasteiger partial charge in [0.2, 0.25) is 0 Å². The lowest BCUT2D eigenvalue weighted by molar-refractivity contribution is -0.140. The van der Waals surface area contributed by atoms with Crippen molar-refractivity contribution >= 4 is 12.1 Å². The van der Waals surface area contributed by atoms with Crippen LogP contribution in [0.2, 0.25) is 0 Å². The lowest BCUT2D eigenvalue weighted by Gasteiger charge is -2.20. The normalized spacial score (nSPS) is 17.1. The monoisotopic (exact) mass is 277 g/mol. The van der Waals surface area contributed by atoms with Gasteiger partial charge in [-0.15, -0.1) is 0 Å². The standard InChI is InChI=1S/C15H19NO4/c1-10(12-7-8-12)13(14(17)18)16-15(19)20-9-11-5-3-2-4-6-11/h2-6,10,12-13H,7-9H2,1H3,(H,16,19)(H,17,18). The van der Waals surface area contributed by atoms with E-state index in [1.54, 1.807) is 0 Å². The van der Waals surface area contributed by atoms with Gasteiger partial charge in [0, 0.05) is 0 Å². The van der Waals surface area contributed by atoms with E-state index in [4.69, 9.17) is 4.74 Å². The number of benzene rings is 1. The predicted molar refractivity (Wildman–Crippen MR) is 73.1 cm³/mol. The average Bonchev–Trinajstić information content (AvgIpc) is 3.27. The summed E-state index contributed by atoms with van der Waals surface area (Å²) in [6, 6.07) is 8.38. The topological polar surface area (TPSA) is 75.6 Å². The molecule has 0 heterocycles. The SMILES string of the molecule is CC(C1CC1)C(NC(=O)OCc1ccccc1)C(=O)O. The Hall–Kier alpha value is -2.04. The van der Waals surface area contributed by atoms with E-state index in [0.717, 1.165) is 18.4 Å². The summed E-state index contributed by atoms with van der Waals surface area (Å²) in [6.07, 6.45) is 1.38. The second-order valence-corrected chi connectivity index (χ2v) is 5.22.